The van der Waals surface area contributed by atoms with Crippen molar-refractivity contribution in [1.29, 1.82) is 0 Å². The first-order chi connectivity index (χ1) is 10.1. The van der Waals surface area contributed by atoms with Crippen molar-refractivity contribution < 1.29 is 19.4 Å². The van der Waals surface area contributed by atoms with Gasteiger partial charge >= 0.3 is 5.97 Å². The van der Waals surface area contributed by atoms with Gasteiger partial charge in [-0.2, -0.15) is 0 Å². The summed E-state index contributed by atoms with van der Waals surface area (Å²) >= 11 is 0. The van der Waals surface area contributed by atoms with Crippen molar-refractivity contribution in [2.24, 2.45) is 0 Å². The number of nitrogens with zero attached hydrogens (tertiary/aromatic N) is 1. The average molecular weight is 293 g/mol. The predicted molar refractivity (Wildman–Crippen MR) is 79.2 cm³/mol. The largest absolute Gasteiger partial charge is 0.497 e. The van der Waals surface area contributed by atoms with Crippen molar-refractivity contribution in [2.75, 3.05) is 26.8 Å². The smallest absolute Gasteiger partial charge is 0.320 e. The van der Waals surface area contributed by atoms with E-state index < -0.39 is 6.10 Å². The van der Waals surface area contributed by atoms with E-state index in [1.165, 1.54) is 0 Å². The molecular formula is C16H23NO4. The van der Waals surface area contributed by atoms with E-state index in [-0.39, 0.29) is 12.5 Å². The summed E-state index contributed by atoms with van der Waals surface area (Å²) in [7, 11) is 1.60. The lowest BCUT2D eigenvalue weighted by Gasteiger charge is -2.24. The number of hydrogen-bond donors (Lipinski definition) is 1. The zero-order valence-corrected chi connectivity index (χ0v) is 12.6. The first-order valence-corrected chi connectivity index (χ1v) is 7.35. The Morgan fingerprint density at radius 2 is 2.24 bits per heavy atom. The summed E-state index contributed by atoms with van der Waals surface area (Å²) in [5, 5.41) is 10.4. The Morgan fingerprint density at radius 1 is 1.48 bits per heavy atom. The minimum Gasteiger partial charge on any atom is -0.497 e. The molecule has 5 nitrogen and oxygen atoms in total. The molecule has 0 radical (unpaired) electrons. The van der Waals surface area contributed by atoms with Gasteiger partial charge in [0.05, 0.1) is 26.4 Å². The van der Waals surface area contributed by atoms with Gasteiger partial charge in [0.25, 0.3) is 0 Å². The van der Waals surface area contributed by atoms with E-state index in [9.17, 15) is 9.90 Å². The van der Waals surface area contributed by atoms with Crippen molar-refractivity contribution in [3.63, 3.8) is 0 Å². The highest BCUT2D eigenvalue weighted by Gasteiger charge is 2.32. The highest BCUT2D eigenvalue weighted by molar-refractivity contribution is 5.71. The van der Waals surface area contributed by atoms with Crippen LogP contribution in [0.5, 0.6) is 5.75 Å². The Morgan fingerprint density at radius 3 is 2.86 bits per heavy atom. The topological polar surface area (TPSA) is 59.0 Å². The number of methoxy groups -OCH3 is 1. The molecule has 0 spiro atoms. The Labute approximate surface area is 125 Å². The SMILES string of the molecule is CCOC(=O)CN(CC(O)c1cccc(OC)c1)C1CC1. The van der Waals surface area contributed by atoms with Crippen molar-refractivity contribution in [3.05, 3.63) is 29.8 Å². The Balaban J connectivity index is 1.97. The summed E-state index contributed by atoms with van der Waals surface area (Å²) in [4.78, 5) is 13.6. The van der Waals surface area contributed by atoms with Gasteiger partial charge in [-0.1, -0.05) is 12.1 Å². The number of hydrogen-bond acceptors (Lipinski definition) is 5. The van der Waals surface area contributed by atoms with E-state index >= 15 is 0 Å². The number of aliphatic hydroxyl groups excluding tert-OH is 1. The van der Waals surface area contributed by atoms with Gasteiger partial charge in [0.2, 0.25) is 0 Å². The standard InChI is InChI=1S/C16H23NO4/c1-3-21-16(19)11-17(13-7-8-13)10-15(18)12-5-4-6-14(9-12)20-2/h4-6,9,13,15,18H,3,7-8,10-11H2,1-2H3. The van der Waals surface area contributed by atoms with Crippen LogP contribution in [0.15, 0.2) is 24.3 Å². The van der Waals surface area contributed by atoms with Gasteiger partial charge in [-0.05, 0) is 37.5 Å². The third-order valence-corrected chi connectivity index (χ3v) is 3.59. The van der Waals surface area contributed by atoms with Gasteiger partial charge < -0.3 is 14.6 Å². The maximum atomic E-state index is 11.6. The molecule has 1 fully saturated rings. The minimum atomic E-state index is -0.643. The average Bonchev–Trinajstić information content (AvgIpc) is 3.31. The number of carbonyl (C=O) groups excluding carboxylic acids is 1. The molecule has 1 unspecified atom stereocenters. The number of aliphatic hydroxyl groups is 1. The van der Waals surface area contributed by atoms with Crippen LogP contribution in [0.3, 0.4) is 0 Å². The van der Waals surface area contributed by atoms with Crippen LogP contribution >= 0.6 is 0 Å². The van der Waals surface area contributed by atoms with Gasteiger partial charge in [-0.25, -0.2) is 0 Å². The van der Waals surface area contributed by atoms with Crippen molar-refractivity contribution in [3.8, 4) is 5.75 Å². The Bertz CT molecular complexity index is 473. The molecule has 0 bridgehead atoms. The molecule has 1 saturated carbocycles. The second kappa shape index (κ2) is 7.43. The first kappa shape index (κ1) is 15.8. The van der Waals surface area contributed by atoms with E-state index in [2.05, 4.69) is 0 Å². The van der Waals surface area contributed by atoms with E-state index in [1.54, 1.807) is 14.0 Å². The number of rotatable bonds is 8. The van der Waals surface area contributed by atoms with E-state index in [0.29, 0.717) is 19.2 Å². The molecule has 0 aromatic heterocycles. The fourth-order valence-electron chi connectivity index (χ4n) is 2.33. The molecule has 1 aromatic rings. The highest BCUT2D eigenvalue weighted by Crippen LogP contribution is 2.29. The first-order valence-electron chi connectivity index (χ1n) is 7.35. The summed E-state index contributed by atoms with van der Waals surface area (Å²) in [5.74, 6) is 0.483. The fourth-order valence-corrected chi connectivity index (χ4v) is 2.33. The maximum Gasteiger partial charge on any atom is 0.320 e. The summed E-state index contributed by atoms with van der Waals surface area (Å²) in [6.07, 6.45) is 1.50. The molecule has 1 aliphatic carbocycles. The molecule has 0 amide bonds. The zero-order chi connectivity index (χ0) is 15.2. The van der Waals surface area contributed by atoms with E-state index in [4.69, 9.17) is 9.47 Å². The van der Waals surface area contributed by atoms with Crippen LogP contribution in [0.4, 0.5) is 0 Å². The summed E-state index contributed by atoms with van der Waals surface area (Å²) in [5.41, 5.74) is 0.795. The van der Waals surface area contributed by atoms with Crippen LogP contribution in [0.25, 0.3) is 0 Å². The van der Waals surface area contributed by atoms with Crippen LogP contribution in [0.1, 0.15) is 31.4 Å². The molecule has 1 N–H and O–H groups in total. The molecule has 1 aromatic carbocycles. The molecule has 0 saturated heterocycles. The fraction of sp³-hybridized carbons (Fsp3) is 0.562. The molecule has 21 heavy (non-hydrogen) atoms. The van der Waals surface area contributed by atoms with Crippen LogP contribution < -0.4 is 4.74 Å². The lowest BCUT2D eigenvalue weighted by molar-refractivity contribution is -0.144. The predicted octanol–water partition coefficient (Wildman–Crippen LogP) is 1.76. The summed E-state index contributed by atoms with van der Waals surface area (Å²) < 4.78 is 10.2. The second-order valence-corrected chi connectivity index (χ2v) is 5.26. The lowest BCUT2D eigenvalue weighted by atomic mass is 10.1. The minimum absolute atomic E-state index is 0.234. The molecule has 1 aliphatic rings. The molecule has 0 aliphatic heterocycles. The second-order valence-electron chi connectivity index (χ2n) is 5.26. The van der Waals surface area contributed by atoms with Crippen molar-refractivity contribution >= 4 is 5.97 Å². The maximum absolute atomic E-state index is 11.6. The normalized spacial score (nSPS) is 15.8. The third kappa shape index (κ3) is 4.72. The third-order valence-electron chi connectivity index (χ3n) is 3.59. The lowest BCUT2D eigenvalue weighted by Crippen LogP contribution is -2.36. The zero-order valence-electron chi connectivity index (χ0n) is 12.6. The van der Waals surface area contributed by atoms with Crippen LogP contribution in [-0.4, -0.2) is 48.8 Å². The number of carbonyl (C=O) groups is 1. The Kier molecular flexibility index (Phi) is 5.59. The number of ether oxygens (including phenoxy) is 2. The number of benzene rings is 1. The van der Waals surface area contributed by atoms with Gasteiger partial charge in [0.15, 0.2) is 0 Å². The van der Waals surface area contributed by atoms with Crippen molar-refractivity contribution in [1.82, 2.24) is 4.90 Å². The number of esters is 1. The van der Waals surface area contributed by atoms with Gasteiger partial charge in [-0.15, -0.1) is 0 Å². The van der Waals surface area contributed by atoms with Gasteiger partial charge in [0.1, 0.15) is 5.75 Å². The Hall–Kier alpha value is -1.59. The molecule has 2 rings (SSSR count). The quantitative estimate of drug-likeness (QED) is 0.740. The molecular weight excluding hydrogens is 270 g/mol. The molecule has 0 heterocycles. The van der Waals surface area contributed by atoms with Crippen LogP contribution in [0, 0.1) is 0 Å². The summed E-state index contributed by atoms with van der Waals surface area (Å²) in [6.45, 7) is 2.84. The molecule has 1 atom stereocenters. The molecule has 116 valence electrons. The van der Waals surface area contributed by atoms with Gasteiger partial charge in [0, 0.05) is 12.6 Å². The van der Waals surface area contributed by atoms with E-state index in [1.807, 2.05) is 29.2 Å². The summed E-state index contributed by atoms with van der Waals surface area (Å²) in [6, 6.07) is 7.76. The van der Waals surface area contributed by atoms with Gasteiger partial charge in [-0.3, -0.25) is 9.69 Å². The van der Waals surface area contributed by atoms with Crippen LogP contribution in [0.2, 0.25) is 0 Å². The van der Waals surface area contributed by atoms with Crippen molar-refractivity contribution in [2.45, 2.75) is 31.9 Å². The van der Waals surface area contributed by atoms with Crippen LogP contribution in [-0.2, 0) is 9.53 Å². The highest BCUT2D eigenvalue weighted by atomic mass is 16.5. The monoisotopic (exact) mass is 293 g/mol. The molecule has 5 heteroatoms. The van der Waals surface area contributed by atoms with E-state index in [0.717, 1.165) is 24.2 Å².